The SMILES string of the molecule is CC(SC(C)C(=O)N/N=C/C=Cc1ccccc1)C(=O)N/N=C\C=C\c1ccccc1. The molecule has 0 aliphatic rings. The predicted molar refractivity (Wildman–Crippen MR) is 131 cm³/mol. The van der Waals surface area contributed by atoms with Crippen LogP contribution in [0.3, 0.4) is 0 Å². The van der Waals surface area contributed by atoms with Gasteiger partial charge in [-0.25, -0.2) is 10.9 Å². The molecule has 0 saturated heterocycles. The quantitative estimate of drug-likeness (QED) is 0.436. The highest BCUT2D eigenvalue weighted by Gasteiger charge is 2.21. The van der Waals surface area contributed by atoms with Crippen LogP contribution in [0.4, 0.5) is 0 Å². The molecule has 0 aromatic heterocycles. The van der Waals surface area contributed by atoms with Gasteiger partial charge < -0.3 is 0 Å². The number of allylic oxidation sites excluding steroid dienone is 2. The maximum Gasteiger partial charge on any atom is 0.252 e. The van der Waals surface area contributed by atoms with E-state index in [1.807, 2.05) is 72.8 Å². The Hall–Kier alpha value is -3.45. The number of nitrogens with zero attached hydrogens (tertiary/aromatic N) is 2. The zero-order chi connectivity index (χ0) is 22.3. The summed E-state index contributed by atoms with van der Waals surface area (Å²) in [6.45, 7) is 3.45. The Labute approximate surface area is 187 Å². The smallest absolute Gasteiger partial charge is 0.252 e. The van der Waals surface area contributed by atoms with E-state index in [0.29, 0.717) is 0 Å². The minimum absolute atomic E-state index is 0.275. The summed E-state index contributed by atoms with van der Waals surface area (Å²) in [7, 11) is 0. The Morgan fingerprint density at radius 2 is 1.13 bits per heavy atom. The lowest BCUT2D eigenvalue weighted by atomic mass is 10.2. The van der Waals surface area contributed by atoms with Crippen LogP contribution >= 0.6 is 11.8 Å². The number of rotatable bonds is 10. The van der Waals surface area contributed by atoms with Crippen molar-refractivity contribution >= 4 is 48.2 Å². The second-order valence-electron chi connectivity index (χ2n) is 6.47. The van der Waals surface area contributed by atoms with Gasteiger partial charge in [0.25, 0.3) is 11.8 Å². The molecule has 0 radical (unpaired) electrons. The monoisotopic (exact) mass is 434 g/mol. The van der Waals surface area contributed by atoms with Crippen LogP contribution in [0.15, 0.2) is 83.0 Å². The molecular formula is C24H26N4O2S. The second kappa shape index (κ2) is 13.7. The number of hydrogen-bond donors (Lipinski definition) is 2. The molecule has 0 aliphatic carbocycles. The molecule has 0 aliphatic heterocycles. The van der Waals surface area contributed by atoms with E-state index in [9.17, 15) is 9.59 Å². The van der Waals surface area contributed by atoms with Gasteiger partial charge >= 0.3 is 0 Å². The first-order chi connectivity index (χ1) is 15.1. The highest BCUT2D eigenvalue weighted by atomic mass is 32.2. The summed E-state index contributed by atoms with van der Waals surface area (Å²) in [5, 5.41) is 6.90. The van der Waals surface area contributed by atoms with Gasteiger partial charge in [-0.1, -0.05) is 72.8 Å². The first-order valence-electron chi connectivity index (χ1n) is 9.81. The van der Waals surface area contributed by atoms with E-state index >= 15 is 0 Å². The number of benzene rings is 2. The average molecular weight is 435 g/mol. The van der Waals surface area contributed by atoms with Gasteiger partial charge in [0.1, 0.15) is 0 Å². The summed E-state index contributed by atoms with van der Waals surface area (Å²) >= 11 is 1.23. The van der Waals surface area contributed by atoms with Crippen LogP contribution in [0.2, 0.25) is 0 Å². The fourth-order valence-electron chi connectivity index (χ4n) is 2.34. The van der Waals surface area contributed by atoms with Gasteiger partial charge in [0.05, 0.1) is 10.5 Å². The highest BCUT2D eigenvalue weighted by molar-refractivity contribution is 8.01. The number of hydrazone groups is 2. The summed E-state index contributed by atoms with van der Waals surface area (Å²) in [4.78, 5) is 24.3. The third-order valence-electron chi connectivity index (χ3n) is 3.99. The van der Waals surface area contributed by atoms with E-state index in [-0.39, 0.29) is 11.8 Å². The summed E-state index contributed by atoms with van der Waals surface area (Å²) in [5.74, 6) is -0.549. The molecule has 31 heavy (non-hydrogen) atoms. The van der Waals surface area contributed by atoms with Gasteiger partial charge in [0.2, 0.25) is 0 Å². The van der Waals surface area contributed by atoms with Crippen LogP contribution in [0.25, 0.3) is 12.2 Å². The summed E-state index contributed by atoms with van der Waals surface area (Å²) < 4.78 is 0. The summed E-state index contributed by atoms with van der Waals surface area (Å²) in [6, 6.07) is 19.6. The minimum Gasteiger partial charge on any atom is -0.272 e. The zero-order valence-electron chi connectivity index (χ0n) is 17.5. The van der Waals surface area contributed by atoms with Gasteiger partial charge in [0, 0.05) is 12.4 Å². The standard InChI is InChI=1S/C24H26N4O2S/c1-19(23(29)27-25-17-9-15-21-11-5-3-6-12-21)31-20(2)24(30)28-26-18-10-16-22-13-7-4-8-14-22/h3-20H,1-2H3,(H,27,29)(H,28,30)/b15-9+,16-10?,25-17-,26-18+. The van der Waals surface area contributed by atoms with E-state index in [4.69, 9.17) is 0 Å². The first-order valence-corrected chi connectivity index (χ1v) is 10.8. The van der Waals surface area contributed by atoms with Gasteiger partial charge in [-0.3, -0.25) is 9.59 Å². The third-order valence-corrected chi connectivity index (χ3v) is 5.24. The van der Waals surface area contributed by atoms with Crippen molar-refractivity contribution in [1.82, 2.24) is 10.9 Å². The molecule has 2 aromatic carbocycles. The van der Waals surface area contributed by atoms with Crippen LogP contribution in [0, 0.1) is 0 Å². The molecule has 2 aromatic rings. The van der Waals surface area contributed by atoms with Crippen molar-refractivity contribution in [3.63, 3.8) is 0 Å². The Balaban J connectivity index is 1.69. The summed E-state index contributed by atoms with van der Waals surface area (Å²) in [5.41, 5.74) is 7.04. The molecule has 6 nitrogen and oxygen atoms in total. The molecule has 160 valence electrons. The maximum absolute atomic E-state index is 12.1. The van der Waals surface area contributed by atoms with Crippen LogP contribution < -0.4 is 10.9 Å². The van der Waals surface area contributed by atoms with Crippen molar-refractivity contribution in [2.45, 2.75) is 24.3 Å². The van der Waals surface area contributed by atoms with E-state index in [2.05, 4.69) is 21.1 Å². The molecule has 0 heterocycles. The van der Waals surface area contributed by atoms with Crippen molar-refractivity contribution in [3.8, 4) is 0 Å². The number of amides is 2. The minimum atomic E-state index is -0.446. The fraction of sp³-hybridized carbons (Fsp3) is 0.167. The second-order valence-corrected chi connectivity index (χ2v) is 8.15. The number of carbonyl (C=O) groups excluding carboxylic acids is 2. The van der Waals surface area contributed by atoms with E-state index in [0.717, 1.165) is 11.1 Å². The van der Waals surface area contributed by atoms with Crippen molar-refractivity contribution in [2.24, 2.45) is 10.2 Å². The molecule has 0 spiro atoms. The molecule has 2 amide bonds. The van der Waals surface area contributed by atoms with Crippen molar-refractivity contribution < 1.29 is 9.59 Å². The molecular weight excluding hydrogens is 408 g/mol. The maximum atomic E-state index is 12.1. The topological polar surface area (TPSA) is 82.9 Å². The molecule has 2 rings (SSSR count). The Morgan fingerprint density at radius 3 is 1.52 bits per heavy atom. The lowest BCUT2D eigenvalue weighted by Gasteiger charge is -2.14. The van der Waals surface area contributed by atoms with Crippen molar-refractivity contribution in [3.05, 3.63) is 83.9 Å². The van der Waals surface area contributed by atoms with Crippen LogP contribution in [0.5, 0.6) is 0 Å². The molecule has 7 heteroatoms. The predicted octanol–water partition coefficient (Wildman–Crippen LogP) is 4.13. The largest absolute Gasteiger partial charge is 0.272 e. The summed E-state index contributed by atoms with van der Waals surface area (Å²) in [6.07, 6.45) is 10.3. The van der Waals surface area contributed by atoms with Crippen molar-refractivity contribution in [2.75, 3.05) is 0 Å². The van der Waals surface area contributed by atoms with Crippen LogP contribution in [0.1, 0.15) is 25.0 Å². The molecule has 2 atom stereocenters. The zero-order valence-corrected chi connectivity index (χ0v) is 18.3. The molecule has 0 bridgehead atoms. The average Bonchev–Trinajstić information content (AvgIpc) is 2.79. The Morgan fingerprint density at radius 1 is 0.742 bits per heavy atom. The van der Waals surface area contributed by atoms with Gasteiger partial charge in [-0.15, -0.1) is 11.8 Å². The molecule has 0 fully saturated rings. The number of thioether (sulfide) groups is 1. The van der Waals surface area contributed by atoms with Crippen LogP contribution in [-0.2, 0) is 9.59 Å². The normalized spacial score (nSPS) is 13.7. The van der Waals surface area contributed by atoms with Gasteiger partial charge in [-0.2, -0.15) is 10.2 Å². The highest BCUT2D eigenvalue weighted by Crippen LogP contribution is 2.17. The van der Waals surface area contributed by atoms with E-state index < -0.39 is 10.5 Å². The van der Waals surface area contributed by atoms with Gasteiger partial charge in [0.15, 0.2) is 0 Å². The van der Waals surface area contributed by atoms with E-state index in [1.54, 1.807) is 26.0 Å². The fourth-order valence-corrected chi connectivity index (χ4v) is 3.30. The molecule has 2 unspecified atom stereocenters. The Bertz CT molecular complexity index is 863. The third kappa shape index (κ3) is 9.73. The van der Waals surface area contributed by atoms with E-state index in [1.165, 1.54) is 24.2 Å². The number of nitrogens with one attached hydrogen (secondary N) is 2. The first kappa shape index (κ1) is 23.8. The lowest BCUT2D eigenvalue weighted by Crippen LogP contribution is -2.33. The van der Waals surface area contributed by atoms with Gasteiger partial charge in [-0.05, 0) is 37.1 Å². The molecule has 0 saturated carbocycles. The van der Waals surface area contributed by atoms with Crippen LogP contribution in [-0.4, -0.2) is 34.7 Å². The number of hydrogen-bond acceptors (Lipinski definition) is 5. The molecule has 2 N–H and O–H groups in total. The lowest BCUT2D eigenvalue weighted by molar-refractivity contribution is -0.120. The Kier molecular flexibility index (Phi) is 10.5. The van der Waals surface area contributed by atoms with Crippen molar-refractivity contribution in [1.29, 1.82) is 0 Å². The number of carbonyl (C=O) groups is 2.